The number of nitrogens with one attached hydrogen (secondary N) is 2. The number of benzene rings is 1. The first-order valence-electron chi connectivity index (χ1n) is 5.47. The summed E-state index contributed by atoms with van der Waals surface area (Å²) in [4.78, 5) is 16.7. The minimum Gasteiger partial charge on any atom is -0.354 e. The summed E-state index contributed by atoms with van der Waals surface area (Å²) in [6, 6.07) is 1.97. The Labute approximate surface area is 115 Å². The topological polar surface area (TPSA) is 84.5 Å². The minimum atomic E-state index is -4.33. The van der Waals surface area contributed by atoms with Gasteiger partial charge in [-0.05, 0) is 32.9 Å². The van der Waals surface area contributed by atoms with Crippen LogP contribution in [0.4, 0.5) is 8.78 Å². The number of halogens is 2. The van der Waals surface area contributed by atoms with Gasteiger partial charge in [0.15, 0.2) is 0 Å². The molecular weight excluding hydrogens is 294 g/mol. The number of carbonyl (C=O) groups is 1. The zero-order chi connectivity index (χ0) is 15.6. The van der Waals surface area contributed by atoms with E-state index in [4.69, 9.17) is 0 Å². The van der Waals surface area contributed by atoms with E-state index in [2.05, 4.69) is 4.84 Å². The van der Waals surface area contributed by atoms with E-state index in [1.807, 2.05) is 0 Å². The largest absolute Gasteiger partial charge is 0.354 e. The quantitative estimate of drug-likeness (QED) is 0.818. The Morgan fingerprint density at radius 3 is 2.35 bits per heavy atom. The fourth-order valence-corrected chi connectivity index (χ4v) is 1.85. The third-order valence-corrected chi connectivity index (χ3v) is 3.38. The Hall–Kier alpha value is -1.58. The van der Waals surface area contributed by atoms with Gasteiger partial charge >= 0.3 is 5.97 Å². The Balaban J connectivity index is 2.74. The Morgan fingerprint density at radius 2 is 1.85 bits per heavy atom. The van der Waals surface area contributed by atoms with E-state index >= 15 is 0 Å². The average Bonchev–Trinajstić information content (AvgIpc) is 2.26. The molecular formula is C11H14F2N2O4S. The molecule has 2 N–H and O–H groups in total. The van der Waals surface area contributed by atoms with E-state index in [9.17, 15) is 22.0 Å². The molecule has 6 nitrogen and oxygen atoms in total. The lowest BCUT2D eigenvalue weighted by Crippen LogP contribution is -2.41. The molecule has 0 spiro atoms. The molecule has 0 fully saturated rings. The number of rotatable bonds is 4. The molecule has 0 heterocycles. The van der Waals surface area contributed by atoms with Crippen LogP contribution in [0.25, 0.3) is 0 Å². The lowest BCUT2D eigenvalue weighted by atomic mass is 9.98. The van der Waals surface area contributed by atoms with Gasteiger partial charge in [-0.25, -0.2) is 22.0 Å². The number of sulfonamides is 1. The van der Waals surface area contributed by atoms with Gasteiger partial charge in [0.2, 0.25) is 0 Å². The molecule has 0 radical (unpaired) electrons. The molecule has 0 aliphatic heterocycles. The van der Waals surface area contributed by atoms with Gasteiger partial charge in [-0.1, -0.05) is 5.59 Å². The highest BCUT2D eigenvalue weighted by atomic mass is 32.2. The fraction of sp³-hybridized carbons (Fsp3) is 0.364. The summed E-state index contributed by atoms with van der Waals surface area (Å²) in [7, 11) is -4.33. The van der Waals surface area contributed by atoms with Gasteiger partial charge in [0.25, 0.3) is 10.0 Å². The van der Waals surface area contributed by atoms with Crippen molar-refractivity contribution >= 4 is 16.0 Å². The molecule has 9 heteroatoms. The first-order chi connectivity index (χ1) is 9.04. The van der Waals surface area contributed by atoms with Crippen molar-refractivity contribution in [2.75, 3.05) is 0 Å². The predicted octanol–water partition coefficient (Wildman–Crippen LogP) is 1.25. The number of hydrogen-bond acceptors (Lipinski definition) is 5. The molecule has 112 valence electrons. The minimum absolute atomic E-state index is 0.426. The predicted molar refractivity (Wildman–Crippen MR) is 65.4 cm³/mol. The molecule has 0 saturated heterocycles. The van der Waals surface area contributed by atoms with Crippen LogP contribution in [0.1, 0.15) is 20.8 Å². The fourth-order valence-electron chi connectivity index (χ4n) is 1.02. The molecule has 0 aromatic heterocycles. The van der Waals surface area contributed by atoms with Crippen molar-refractivity contribution in [2.24, 2.45) is 5.41 Å². The first-order valence-corrected chi connectivity index (χ1v) is 6.95. The smallest absolute Gasteiger partial charge is 0.331 e. The van der Waals surface area contributed by atoms with Crippen LogP contribution in [0.2, 0.25) is 0 Å². The standard InChI is InChI=1S/C11H14F2N2O4S/c1-11(2,3)10(16)19-14-15-20(17,18)9-5-4-7(12)6-8(9)13/h4-6,14-15H,1-3H3. The van der Waals surface area contributed by atoms with Gasteiger partial charge in [0, 0.05) is 6.07 Å². The molecule has 1 aromatic rings. The maximum Gasteiger partial charge on any atom is 0.331 e. The van der Waals surface area contributed by atoms with Crippen LogP contribution in [0, 0.1) is 17.0 Å². The van der Waals surface area contributed by atoms with Crippen molar-refractivity contribution in [2.45, 2.75) is 25.7 Å². The van der Waals surface area contributed by atoms with Crippen LogP contribution < -0.4 is 10.4 Å². The number of carbonyl (C=O) groups excluding carboxylic acids is 1. The van der Waals surface area contributed by atoms with Crippen molar-refractivity contribution in [1.82, 2.24) is 10.4 Å². The Bertz CT molecular complexity index is 611. The van der Waals surface area contributed by atoms with E-state index < -0.39 is 37.9 Å². The number of hydrogen-bond donors (Lipinski definition) is 2. The zero-order valence-corrected chi connectivity index (χ0v) is 11.8. The Kier molecular flexibility index (Phi) is 4.79. The van der Waals surface area contributed by atoms with Crippen LogP contribution in [-0.2, 0) is 19.7 Å². The van der Waals surface area contributed by atoms with Crippen molar-refractivity contribution < 1.29 is 26.8 Å². The summed E-state index contributed by atoms with van der Waals surface area (Å²) < 4.78 is 49.3. The summed E-state index contributed by atoms with van der Waals surface area (Å²) in [5, 5.41) is 0. The highest BCUT2D eigenvalue weighted by Gasteiger charge is 2.25. The van der Waals surface area contributed by atoms with Gasteiger partial charge in [-0.15, -0.1) is 4.83 Å². The monoisotopic (exact) mass is 308 g/mol. The molecule has 0 amide bonds. The van der Waals surface area contributed by atoms with Gasteiger partial charge < -0.3 is 4.84 Å². The molecule has 20 heavy (non-hydrogen) atoms. The van der Waals surface area contributed by atoms with Crippen LogP contribution in [-0.4, -0.2) is 14.4 Å². The van der Waals surface area contributed by atoms with Crippen molar-refractivity contribution in [3.8, 4) is 0 Å². The summed E-state index contributed by atoms with van der Waals surface area (Å²) >= 11 is 0. The third kappa shape index (κ3) is 4.22. The highest BCUT2D eigenvalue weighted by molar-refractivity contribution is 7.89. The summed E-state index contributed by atoms with van der Waals surface area (Å²) in [6.45, 7) is 4.68. The van der Waals surface area contributed by atoms with E-state index in [1.54, 1.807) is 31.2 Å². The molecule has 0 saturated carbocycles. The van der Waals surface area contributed by atoms with Crippen molar-refractivity contribution in [3.63, 3.8) is 0 Å². The number of hydrazine groups is 1. The third-order valence-electron chi connectivity index (χ3n) is 2.12. The maximum absolute atomic E-state index is 13.3. The molecule has 0 aliphatic carbocycles. The molecule has 0 atom stereocenters. The second-order valence-corrected chi connectivity index (χ2v) is 6.57. The van der Waals surface area contributed by atoms with Crippen molar-refractivity contribution in [1.29, 1.82) is 0 Å². The van der Waals surface area contributed by atoms with Crippen LogP contribution in [0.5, 0.6) is 0 Å². The lowest BCUT2D eigenvalue weighted by Gasteiger charge is -2.16. The van der Waals surface area contributed by atoms with Crippen LogP contribution in [0.15, 0.2) is 23.1 Å². The van der Waals surface area contributed by atoms with E-state index in [0.717, 1.165) is 12.1 Å². The average molecular weight is 308 g/mol. The maximum atomic E-state index is 13.3. The Morgan fingerprint density at radius 1 is 1.25 bits per heavy atom. The van der Waals surface area contributed by atoms with Crippen molar-refractivity contribution in [3.05, 3.63) is 29.8 Å². The van der Waals surface area contributed by atoms with Gasteiger partial charge in [0.1, 0.15) is 16.5 Å². The van der Waals surface area contributed by atoms with Crippen LogP contribution in [0.3, 0.4) is 0 Å². The molecule has 1 aromatic carbocycles. The molecule has 0 unspecified atom stereocenters. The van der Waals surface area contributed by atoms with E-state index in [0.29, 0.717) is 6.07 Å². The summed E-state index contributed by atoms with van der Waals surface area (Å²) in [5.74, 6) is -2.89. The summed E-state index contributed by atoms with van der Waals surface area (Å²) in [6.07, 6.45) is 0. The SMILES string of the molecule is CC(C)(C)C(=O)ONNS(=O)(=O)c1ccc(F)cc1F. The zero-order valence-electron chi connectivity index (χ0n) is 11.0. The van der Waals surface area contributed by atoms with E-state index in [-0.39, 0.29) is 0 Å². The second-order valence-electron chi connectivity index (χ2n) is 4.92. The molecule has 0 aliphatic rings. The molecule has 0 bridgehead atoms. The highest BCUT2D eigenvalue weighted by Crippen LogP contribution is 2.16. The second kappa shape index (κ2) is 5.81. The van der Waals surface area contributed by atoms with E-state index in [1.165, 1.54) is 0 Å². The lowest BCUT2D eigenvalue weighted by molar-refractivity contribution is -0.161. The van der Waals surface area contributed by atoms with Gasteiger partial charge in [-0.2, -0.15) is 0 Å². The van der Waals surface area contributed by atoms with Gasteiger partial charge in [-0.3, -0.25) is 0 Å². The normalized spacial score (nSPS) is 12.2. The van der Waals surface area contributed by atoms with Gasteiger partial charge in [0.05, 0.1) is 5.41 Å². The molecule has 1 rings (SSSR count). The summed E-state index contributed by atoms with van der Waals surface area (Å²) in [5.41, 5.74) is 0.877. The first kappa shape index (κ1) is 16.5. The van der Waals surface area contributed by atoms with Crippen LogP contribution >= 0.6 is 0 Å².